The average molecular weight is 409 g/mol. The van der Waals surface area contributed by atoms with E-state index in [1.165, 1.54) is 6.07 Å². The molecular formula is C20H25ClN2O5. The lowest BCUT2D eigenvalue weighted by molar-refractivity contribution is -0.141. The van der Waals surface area contributed by atoms with Gasteiger partial charge in [-0.05, 0) is 56.0 Å². The Labute approximate surface area is 169 Å². The minimum atomic E-state index is -0.490. The summed E-state index contributed by atoms with van der Waals surface area (Å²) < 4.78 is 10.8. The number of nitrogens with zero attached hydrogens (tertiary/aromatic N) is 1. The zero-order chi connectivity index (χ0) is 18.9. The first-order valence-corrected chi connectivity index (χ1v) is 9.36. The van der Waals surface area contributed by atoms with Crippen LogP contribution in [0, 0.1) is 5.41 Å². The smallest absolute Gasteiger partial charge is 0.336 e. The number of fused-ring (bicyclic) bond motifs is 1. The van der Waals surface area contributed by atoms with Gasteiger partial charge in [0.15, 0.2) is 6.61 Å². The molecule has 8 heteroatoms. The summed E-state index contributed by atoms with van der Waals surface area (Å²) in [6, 6.07) is 8.19. The van der Waals surface area contributed by atoms with Crippen LogP contribution in [0.5, 0.6) is 5.75 Å². The zero-order valence-electron chi connectivity index (χ0n) is 15.6. The van der Waals surface area contributed by atoms with Crippen LogP contribution < -0.4 is 15.7 Å². The standard InChI is InChI=1S/C20H24N2O5.ClH/c23-15-10-20(5-7-21-8-6-20)13-22(11-15)18(24)12-26-16-3-1-14-2-4-19(25)27-17(14)9-16;/h1-4,9,15,21,23H,5-8,10-13H2;1H. The van der Waals surface area contributed by atoms with Gasteiger partial charge in [0.25, 0.3) is 5.91 Å². The van der Waals surface area contributed by atoms with Crippen molar-refractivity contribution >= 4 is 29.3 Å². The number of nitrogens with one attached hydrogen (secondary N) is 1. The van der Waals surface area contributed by atoms with E-state index < -0.39 is 11.7 Å². The molecule has 152 valence electrons. The van der Waals surface area contributed by atoms with Crippen molar-refractivity contribution in [2.24, 2.45) is 5.41 Å². The lowest BCUT2D eigenvalue weighted by Crippen LogP contribution is -2.55. The van der Waals surface area contributed by atoms with Crippen molar-refractivity contribution in [2.75, 3.05) is 32.8 Å². The fourth-order valence-electron chi connectivity index (χ4n) is 4.23. The van der Waals surface area contributed by atoms with E-state index in [-0.39, 0.29) is 30.3 Å². The number of piperidine rings is 2. The molecule has 2 fully saturated rings. The van der Waals surface area contributed by atoms with Crippen LogP contribution in [-0.2, 0) is 4.79 Å². The number of ether oxygens (including phenoxy) is 1. The Kier molecular flexibility index (Phi) is 6.27. The number of hydrogen-bond donors (Lipinski definition) is 2. The van der Waals surface area contributed by atoms with Crippen molar-refractivity contribution in [1.82, 2.24) is 10.2 Å². The summed E-state index contributed by atoms with van der Waals surface area (Å²) in [6.07, 6.45) is 2.20. The van der Waals surface area contributed by atoms with Gasteiger partial charge in [-0.15, -0.1) is 12.4 Å². The highest BCUT2D eigenvalue weighted by atomic mass is 35.5. The van der Waals surface area contributed by atoms with E-state index >= 15 is 0 Å². The molecule has 1 aromatic carbocycles. The van der Waals surface area contributed by atoms with Crippen molar-refractivity contribution in [3.63, 3.8) is 0 Å². The molecule has 1 unspecified atom stereocenters. The normalized spacial score (nSPS) is 21.3. The number of aliphatic hydroxyl groups excluding tert-OH is 1. The minimum Gasteiger partial charge on any atom is -0.484 e. The topological polar surface area (TPSA) is 92.0 Å². The minimum absolute atomic E-state index is 0. The molecular weight excluding hydrogens is 384 g/mol. The summed E-state index contributed by atoms with van der Waals surface area (Å²) >= 11 is 0. The third-order valence-electron chi connectivity index (χ3n) is 5.60. The van der Waals surface area contributed by atoms with Gasteiger partial charge in [0.05, 0.1) is 6.10 Å². The highest BCUT2D eigenvalue weighted by molar-refractivity contribution is 5.85. The molecule has 0 saturated carbocycles. The highest BCUT2D eigenvalue weighted by Gasteiger charge is 2.41. The third kappa shape index (κ3) is 4.48. The molecule has 1 spiro atoms. The second kappa shape index (κ2) is 8.51. The van der Waals surface area contributed by atoms with Gasteiger partial charge in [-0.2, -0.15) is 0 Å². The fourth-order valence-corrected chi connectivity index (χ4v) is 4.23. The largest absolute Gasteiger partial charge is 0.484 e. The number of amides is 1. The first-order valence-electron chi connectivity index (χ1n) is 9.36. The van der Waals surface area contributed by atoms with Gasteiger partial charge in [0.2, 0.25) is 0 Å². The van der Waals surface area contributed by atoms with Gasteiger partial charge in [-0.3, -0.25) is 4.79 Å². The van der Waals surface area contributed by atoms with Gasteiger partial charge in [0, 0.05) is 30.6 Å². The molecule has 0 bridgehead atoms. The van der Waals surface area contributed by atoms with Crippen molar-refractivity contribution in [3.05, 3.63) is 40.8 Å². The molecule has 0 radical (unpaired) electrons. The first-order chi connectivity index (χ1) is 13.0. The lowest BCUT2D eigenvalue weighted by atomic mass is 9.72. The number of carbonyl (C=O) groups is 1. The van der Waals surface area contributed by atoms with Crippen LogP contribution in [0.25, 0.3) is 11.0 Å². The van der Waals surface area contributed by atoms with Gasteiger partial charge in [-0.1, -0.05) is 0 Å². The predicted molar refractivity (Wildman–Crippen MR) is 107 cm³/mol. The van der Waals surface area contributed by atoms with Crippen LogP contribution in [0.2, 0.25) is 0 Å². The summed E-state index contributed by atoms with van der Waals surface area (Å²) in [4.78, 5) is 25.7. The molecule has 1 amide bonds. The van der Waals surface area contributed by atoms with Gasteiger partial charge in [0.1, 0.15) is 11.3 Å². The quantitative estimate of drug-likeness (QED) is 0.749. The average Bonchev–Trinajstić information content (AvgIpc) is 2.65. The molecule has 2 saturated heterocycles. The second-order valence-electron chi connectivity index (χ2n) is 7.62. The molecule has 3 heterocycles. The number of rotatable bonds is 3. The maximum Gasteiger partial charge on any atom is 0.336 e. The van der Waals surface area contributed by atoms with Gasteiger partial charge in [-0.25, -0.2) is 4.79 Å². The Bertz CT molecular complexity index is 894. The molecule has 2 N–H and O–H groups in total. The van der Waals surface area contributed by atoms with E-state index in [0.717, 1.165) is 37.7 Å². The maximum absolute atomic E-state index is 12.7. The Morgan fingerprint density at radius 2 is 2.04 bits per heavy atom. The van der Waals surface area contributed by atoms with E-state index in [0.29, 0.717) is 24.4 Å². The maximum atomic E-state index is 12.7. The number of benzene rings is 1. The van der Waals surface area contributed by atoms with E-state index in [2.05, 4.69) is 5.32 Å². The van der Waals surface area contributed by atoms with Crippen LogP contribution in [0.1, 0.15) is 19.3 Å². The van der Waals surface area contributed by atoms with Crippen LogP contribution in [0.15, 0.2) is 39.5 Å². The van der Waals surface area contributed by atoms with Crippen molar-refractivity contribution in [1.29, 1.82) is 0 Å². The molecule has 2 aliphatic rings. The van der Waals surface area contributed by atoms with E-state index in [1.54, 1.807) is 29.2 Å². The van der Waals surface area contributed by atoms with E-state index in [4.69, 9.17) is 9.15 Å². The van der Waals surface area contributed by atoms with Gasteiger partial charge < -0.3 is 24.5 Å². The number of β-amino-alcohol motifs (C(OH)–C–C–N with tert-alkyl or cyclic N) is 1. The highest BCUT2D eigenvalue weighted by Crippen LogP contribution is 2.38. The Morgan fingerprint density at radius 1 is 1.29 bits per heavy atom. The van der Waals surface area contributed by atoms with E-state index in [1.807, 2.05) is 0 Å². The zero-order valence-corrected chi connectivity index (χ0v) is 16.4. The van der Waals surface area contributed by atoms with Crippen LogP contribution in [0.3, 0.4) is 0 Å². The summed E-state index contributed by atoms with van der Waals surface area (Å²) in [5.74, 6) is 0.334. The van der Waals surface area contributed by atoms with Crippen LogP contribution >= 0.6 is 12.4 Å². The monoisotopic (exact) mass is 408 g/mol. The fraction of sp³-hybridized carbons (Fsp3) is 0.500. The lowest BCUT2D eigenvalue weighted by Gasteiger charge is -2.47. The molecule has 2 aromatic rings. The Morgan fingerprint density at radius 3 is 2.82 bits per heavy atom. The molecule has 2 aliphatic heterocycles. The summed E-state index contributed by atoms with van der Waals surface area (Å²) in [6.45, 7) is 2.76. The molecule has 0 aliphatic carbocycles. The molecule has 7 nitrogen and oxygen atoms in total. The molecule has 4 rings (SSSR count). The second-order valence-corrected chi connectivity index (χ2v) is 7.62. The number of hydrogen-bond acceptors (Lipinski definition) is 6. The third-order valence-corrected chi connectivity index (χ3v) is 5.60. The van der Waals surface area contributed by atoms with Crippen molar-refractivity contribution in [3.8, 4) is 5.75 Å². The summed E-state index contributed by atoms with van der Waals surface area (Å²) in [5.41, 5.74) is 0.00471. The number of aliphatic hydroxyl groups is 1. The number of carbonyl (C=O) groups excluding carboxylic acids is 1. The Hall–Kier alpha value is -2.09. The van der Waals surface area contributed by atoms with E-state index in [9.17, 15) is 14.7 Å². The summed E-state index contributed by atoms with van der Waals surface area (Å²) in [7, 11) is 0. The first kappa shape index (κ1) is 20.6. The summed E-state index contributed by atoms with van der Waals surface area (Å²) in [5, 5.41) is 14.4. The molecule has 28 heavy (non-hydrogen) atoms. The molecule has 1 aromatic heterocycles. The Balaban J connectivity index is 0.00000225. The SMILES string of the molecule is Cl.O=C(COc1ccc2ccc(=O)oc2c1)N1CC(O)CC2(CCNCC2)C1. The van der Waals surface area contributed by atoms with Gasteiger partial charge >= 0.3 is 5.63 Å². The van der Waals surface area contributed by atoms with Crippen LogP contribution in [-0.4, -0.2) is 54.8 Å². The van der Waals surface area contributed by atoms with Crippen LogP contribution in [0.4, 0.5) is 0 Å². The van der Waals surface area contributed by atoms with Crippen molar-refractivity contribution in [2.45, 2.75) is 25.4 Å². The number of likely N-dealkylation sites (tertiary alicyclic amines) is 1. The molecule has 1 atom stereocenters. The number of halogens is 1. The van der Waals surface area contributed by atoms with Crippen molar-refractivity contribution < 1.29 is 19.1 Å². The predicted octanol–water partition coefficient (Wildman–Crippen LogP) is 1.56.